The Labute approximate surface area is 242 Å². The zero-order valence-corrected chi connectivity index (χ0v) is 22.8. The second-order valence-electron chi connectivity index (χ2n) is 9.65. The van der Waals surface area contributed by atoms with E-state index in [0.29, 0.717) is 11.4 Å². The maximum Gasteiger partial charge on any atom is 0.159 e. The molecule has 4 aromatic carbocycles. The third kappa shape index (κ3) is 6.69. The SMILES string of the molecule is C=CC(=O)Cc1cc(CO)cc(-c2cnc3ccccc3n2)c1.Nc1cc(CO)cc(-c2cnc3ccccc3n2)c1. The summed E-state index contributed by atoms with van der Waals surface area (Å²) < 4.78 is 0. The summed E-state index contributed by atoms with van der Waals surface area (Å²) in [5.74, 6) is -0.0596. The number of allylic oxidation sites excluding steroid dienone is 1. The number of anilines is 1. The fraction of sp³-hybridized carbons (Fsp3) is 0.0882. The largest absolute Gasteiger partial charge is 0.399 e. The Kier molecular flexibility index (Phi) is 8.67. The van der Waals surface area contributed by atoms with Crippen LogP contribution in [0.15, 0.2) is 110 Å². The molecule has 6 aromatic rings. The predicted molar refractivity (Wildman–Crippen MR) is 165 cm³/mol. The Hall–Kier alpha value is -5.31. The van der Waals surface area contributed by atoms with Gasteiger partial charge in [-0.25, -0.2) is 9.97 Å². The van der Waals surface area contributed by atoms with Crippen LogP contribution < -0.4 is 5.73 Å². The van der Waals surface area contributed by atoms with Crippen molar-refractivity contribution in [2.45, 2.75) is 19.6 Å². The van der Waals surface area contributed by atoms with Crippen molar-refractivity contribution in [3.05, 3.63) is 127 Å². The molecular formula is C34H29N5O3. The summed E-state index contributed by atoms with van der Waals surface area (Å²) in [5.41, 5.74) is 15.3. The second kappa shape index (κ2) is 12.9. The van der Waals surface area contributed by atoms with Gasteiger partial charge < -0.3 is 15.9 Å². The van der Waals surface area contributed by atoms with Crippen molar-refractivity contribution in [3.63, 3.8) is 0 Å². The van der Waals surface area contributed by atoms with Crippen LogP contribution in [0.4, 0.5) is 5.69 Å². The zero-order chi connectivity index (χ0) is 29.5. The van der Waals surface area contributed by atoms with Crippen LogP contribution in [-0.2, 0) is 24.4 Å². The summed E-state index contributed by atoms with van der Waals surface area (Å²) in [6.07, 6.45) is 4.99. The van der Waals surface area contributed by atoms with Gasteiger partial charge in [-0.15, -0.1) is 0 Å². The van der Waals surface area contributed by atoms with Crippen molar-refractivity contribution in [2.75, 3.05) is 5.73 Å². The summed E-state index contributed by atoms with van der Waals surface area (Å²) in [6.45, 7) is 3.36. The molecule has 0 spiro atoms. The molecule has 2 heterocycles. The van der Waals surface area contributed by atoms with E-state index in [9.17, 15) is 15.0 Å². The summed E-state index contributed by atoms with van der Waals surface area (Å²) in [4.78, 5) is 29.6. The van der Waals surface area contributed by atoms with Crippen molar-refractivity contribution >= 4 is 33.5 Å². The van der Waals surface area contributed by atoms with Gasteiger partial charge in [0.1, 0.15) is 0 Å². The quantitative estimate of drug-likeness (QED) is 0.175. The lowest BCUT2D eigenvalue weighted by molar-refractivity contribution is -0.114. The Morgan fingerprint density at radius 2 is 1.17 bits per heavy atom. The van der Waals surface area contributed by atoms with Crippen molar-refractivity contribution < 1.29 is 15.0 Å². The molecule has 0 radical (unpaired) electrons. The number of hydrogen-bond donors (Lipinski definition) is 3. The van der Waals surface area contributed by atoms with E-state index in [2.05, 4.69) is 26.5 Å². The molecular weight excluding hydrogens is 526 g/mol. The molecule has 0 aliphatic rings. The molecule has 4 N–H and O–H groups in total. The van der Waals surface area contributed by atoms with Crippen LogP contribution in [-0.4, -0.2) is 35.9 Å². The molecule has 0 fully saturated rings. The summed E-state index contributed by atoms with van der Waals surface area (Å²) in [7, 11) is 0. The first-order chi connectivity index (χ1) is 20.4. The number of nitrogens with zero attached hydrogens (tertiary/aromatic N) is 4. The number of para-hydroxylation sites is 4. The highest BCUT2D eigenvalue weighted by Gasteiger charge is 2.09. The maximum atomic E-state index is 11.6. The molecule has 0 unspecified atom stereocenters. The van der Waals surface area contributed by atoms with Gasteiger partial charge in [0, 0.05) is 23.2 Å². The number of carbonyl (C=O) groups excluding carboxylic acids is 1. The predicted octanol–water partition coefficient (Wildman–Crippen LogP) is 5.46. The third-order valence-corrected chi connectivity index (χ3v) is 6.53. The van der Waals surface area contributed by atoms with Crippen LogP contribution in [0.2, 0.25) is 0 Å². The van der Waals surface area contributed by atoms with E-state index < -0.39 is 0 Å². The van der Waals surface area contributed by atoms with Gasteiger partial charge in [0.15, 0.2) is 5.78 Å². The lowest BCUT2D eigenvalue weighted by atomic mass is 10.0. The number of benzene rings is 4. The van der Waals surface area contributed by atoms with Crippen molar-refractivity contribution in [2.24, 2.45) is 0 Å². The van der Waals surface area contributed by atoms with Gasteiger partial charge in [-0.3, -0.25) is 14.8 Å². The zero-order valence-electron chi connectivity index (χ0n) is 22.8. The molecule has 42 heavy (non-hydrogen) atoms. The first-order valence-corrected chi connectivity index (χ1v) is 13.3. The van der Waals surface area contributed by atoms with Gasteiger partial charge in [0.25, 0.3) is 0 Å². The molecule has 208 valence electrons. The molecule has 0 amide bonds. The normalized spacial score (nSPS) is 10.7. The molecule has 0 atom stereocenters. The van der Waals surface area contributed by atoms with E-state index in [1.165, 1.54) is 6.08 Å². The van der Waals surface area contributed by atoms with Gasteiger partial charge in [-0.1, -0.05) is 36.9 Å². The Bertz CT molecular complexity index is 1900. The number of fused-ring (bicyclic) bond motifs is 2. The summed E-state index contributed by atoms with van der Waals surface area (Å²) >= 11 is 0. The number of carbonyl (C=O) groups is 1. The van der Waals surface area contributed by atoms with Crippen molar-refractivity contribution in [1.82, 2.24) is 19.9 Å². The highest BCUT2D eigenvalue weighted by Crippen LogP contribution is 2.24. The molecule has 2 aromatic heterocycles. The fourth-order valence-corrected chi connectivity index (χ4v) is 4.53. The van der Waals surface area contributed by atoms with Gasteiger partial charge in [0.2, 0.25) is 0 Å². The number of ketones is 1. The minimum Gasteiger partial charge on any atom is -0.399 e. The van der Waals surface area contributed by atoms with Gasteiger partial charge >= 0.3 is 0 Å². The average Bonchev–Trinajstić information content (AvgIpc) is 3.04. The monoisotopic (exact) mass is 555 g/mol. The highest BCUT2D eigenvalue weighted by molar-refractivity contribution is 5.91. The van der Waals surface area contributed by atoms with Crippen molar-refractivity contribution in [3.8, 4) is 22.5 Å². The molecule has 0 bridgehead atoms. The first kappa shape index (κ1) is 28.2. The minimum atomic E-state index is -0.0931. The topological polar surface area (TPSA) is 135 Å². The lowest BCUT2D eigenvalue weighted by Crippen LogP contribution is -2.00. The average molecular weight is 556 g/mol. The van der Waals surface area contributed by atoms with Crippen molar-refractivity contribution in [1.29, 1.82) is 0 Å². The van der Waals surface area contributed by atoms with Crippen LogP contribution >= 0.6 is 0 Å². The number of rotatable bonds is 7. The summed E-state index contributed by atoms with van der Waals surface area (Å²) in [6, 6.07) is 26.4. The van der Waals surface area contributed by atoms with Gasteiger partial charge in [-0.05, 0) is 77.4 Å². The van der Waals surface area contributed by atoms with E-state index in [1.807, 2.05) is 78.9 Å². The van der Waals surface area contributed by atoms with Gasteiger partial charge in [0.05, 0.1) is 59.1 Å². The number of nitrogens with two attached hydrogens (primary N) is 1. The first-order valence-electron chi connectivity index (χ1n) is 13.3. The van der Waals surface area contributed by atoms with E-state index in [1.54, 1.807) is 18.5 Å². The number of aliphatic hydroxyl groups excluding tert-OH is 2. The third-order valence-electron chi connectivity index (χ3n) is 6.53. The Balaban J connectivity index is 0.000000171. The number of aliphatic hydroxyl groups is 2. The fourth-order valence-electron chi connectivity index (χ4n) is 4.53. The smallest absolute Gasteiger partial charge is 0.159 e. The van der Waals surface area contributed by atoms with E-state index in [0.717, 1.165) is 55.6 Å². The molecule has 6 rings (SSSR count). The van der Waals surface area contributed by atoms with E-state index >= 15 is 0 Å². The highest BCUT2D eigenvalue weighted by atomic mass is 16.3. The molecule has 8 heteroatoms. The van der Waals surface area contributed by atoms with Crippen LogP contribution in [0.5, 0.6) is 0 Å². The standard InChI is InChI=1S/C19H16N2O2.C15H13N3O/c1-2-16(23)10-13-7-14(12-22)9-15(8-13)19-11-20-17-5-3-4-6-18(17)21-19;16-12-6-10(9-19)5-11(7-12)15-8-17-13-3-1-2-4-14(13)18-15/h2-9,11,22H,1,10,12H2;1-8,19H,9,16H2. The number of nitrogen functional groups attached to an aromatic ring is 1. The maximum absolute atomic E-state index is 11.6. The van der Waals surface area contributed by atoms with Gasteiger partial charge in [-0.2, -0.15) is 0 Å². The van der Waals surface area contributed by atoms with E-state index in [4.69, 9.17) is 5.73 Å². The molecule has 0 aliphatic carbocycles. The second-order valence-corrected chi connectivity index (χ2v) is 9.65. The number of hydrogen-bond acceptors (Lipinski definition) is 8. The van der Waals surface area contributed by atoms with Crippen LogP contribution in [0.25, 0.3) is 44.6 Å². The van der Waals surface area contributed by atoms with Crippen LogP contribution in [0.3, 0.4) is 0 Å². The lowest BCUT2D eigenvalue weighted by Gasteiger charge is -2.08. The minimum absolute atomic E-state index is 0.0426. The molecule has 0 aliphatic heterocycles. The van der Waals surface area contributed by atoms with Crippen LogP contribution in [0, 0.1) is 0 Å². The summed E-state index contributed by atoms with van der Waals surface area (Å²) in [5, 5.41) is 18.7. The van der Waals surface area contributed by atoms with Crippen LogP contribution in [0.1, 0.15) is 16.7 Å². The molecule has 8 nitrogen and oxygen atoms in total. The Morgan fingerprint density at radius 1 is 0.690 bits per heavy atom. The van der Waals surface area contributed by atoms with E-state index in [-0.39, 0.29) is 25.4 Å². The number of aromatic nitrogens is 4. The Morgan fingerprint density at radius 3 is 1.69 bits per heavy atom. The molecule has 0 saturated carbocycles. The molecule has 0 saturated heterocycles.